The lowest BCUT2D eigenvalue weighted by Gasteiger charge is -2.17. The van der Waals surface area contributed by atoms with Crippen LogP contribution in [-0.2, 0) is 4.79 Å². The summed E-state index contributed by atoms with van der Waals surface area (Å²) in [5.41, 5.74) is 7.40. The third-order valence-electron chi connectivity index (χ3n) is 3.18. The zero-order chi connectivity index (χ0) is 13.5. The van der Waals surface area contributed by atoms with E-state index >= 15 is 0 Å². The van der Waals surface area contributed by atoms with Crippen molar-refractivity contribution in [1.82, 2.24) is 5.32 Å². The first kappa shape index (κ1) is 14.6. The number of carbonyl (C=O) groups is 1. The minimum atomic E-state index is -0.155. The zero-order valence-electron chi connectivity index (χ0n) is 11.6. The quantitative estimate of drug-likeness (QED) is 0.760. The first-order chi connectivity index (χ1) is 8.54. The van der Waals surface area contributed by atoms with Crippen LogP contribution >= 0.6 is 0 Å². The summed E-state index contributed by atoms with van der Waals surface area (Å²) >= 11 is 0. The lowest BCUT2D eigenvalue weighted by molar-refractivity contribution is -0.122. The highest BCUT2D eigenvalue weighted by molar-refractivity contribution is 5.83. The van der Waals surface area contributed by atoms with E-state index in [0.717, 1.165) is 24.8 Å². The fourth-order valence-electron chi connectivity index (χ4n) is 1.93. The third kappa shape index (κ3) is 4.40. The molecular weight excluding hydrogens is 224 g/mol. The van der Waals surface area contributed by atoms with E-state index < -0.39 is 0 Å². The zero-order valence-corrected chi connectivity index (χ0v) is 11.6. The maximum Gasteiger partial charge on any atom is 0.227 e. The molecule has 0 heterocycles. The van der Waals surface area contributed by atoms with E-state index in [2.05, 4.69) is 19.2 Å². The number of nitrogens with one attached hydrogen (secondary N) is 1. The fraction of sp³-hybridized carbons (Fsp3) is 0.533. The molecule has 18 heavy (non-hydrogen) atoms. The van der Waals surface area contributed by atoms with E-state index in [1.165, 1.54) is 0 Å². The van der Waals surface area contributed by atoms with Crippen LogP contribution in [0.2, 0.25) is 0 Å². The van der Waals surface area contributed by atoms with Gasteiger partial charge in [0.25, 0.3) is 0 Å². The third-order valence-corrected chi connectivity index (χ3v) is 3.18. The molecule has 1 amide bonds. The molecule has 100 valence electrons. The molecule has 0 spiro atoms. The summed E-state index contributed by atoms with van der Waals surface area (Å²) in [6, 6.07) is 7.76. The summed E-state index contributed by atoms with van der Waals surface area (Å²) in [4.78, 5) is 12.1. The molecule has 3 nitrogen and oxygen atoms in total. The Hall–Kier alpha value is -1.51. The van der Waals surface area contributed by atoms with Crippen molar-refractivity contribution < 1.29 is 4.79 Å². The van der Waals surface area contributed by atoms with E-state index in [1.54, 1.807) is 0 Å². The van der Waals surface area contributed by atoms with E-state index in [0.29, 0.717) is 5.69 Å². The number of anilines is 1. The van der Waals surface area contributed by atoms with Crippen molar-refractivity contribution in [1.29, 1.82) is 0 Å². The molecule has 0 aromatic heterocycles. The number of hydrogen-bond acceptors (Lipinski definition) is 2. The van der Waals surface area contributed by atoms with Crippen molar-refractivity contribution in [3.05, 3.63) is 29.8 Å². The number of rotatable bonds is 6. The molecule has 0 radical (unpaired) electrons. The highest BCUT2D eigenvalue weighted by atomic mass is 16.1. The molecular formula is C15H24N2O. The number of unbranched alkanes of at least 4 members (excludes halogenated alkanes) is 1. The fourth-order valence-corrected chi connectivity index (χ4v) is 1.93. The molecule has 2 unspecified atom stereocenters. The Kier molecular flexibility index (Phi) is 5.69. The minimum Gasteiger partial charge on any atom is -0.399 e. The van der Waals surface area contributed by atoms with Crippen LogP contribution in [0.1, 0.15) is 51.5 Å². The molecule has 3 N–H and O–H groups in total. The molecule has 0 fully saturated rings. The summed E-state index contributed by atoms with van der Waals surface area (Å²) in [6.45, 7) is 6.13. The normalized spacial score (nSPS) is 13.9. The second kappa shape index (κ2) is 7.04. The van der Waals surface area contributed by atoms with Gasteiger partial charge < -0.3 is 11.1 Å². The minimum absolute atomic E-state index is 0.0733. The van der Waals surface area contributed by atoms with Crippen molar-refractivity contribution in [2.24, 2.45) is 0 Å². The number of carbonyl (C=O) groups excluding carboxylic acids is 1. The van der Waals surface area contributed by atoms with Gasteiger partial charge in [-0.1, -0.05) is 31.9 Å². The Morgan fingerprint density at radius 1 is 1.39 bits per heavy atom. The van der Waals surface area contributed by atoms with Crippen LogP contribution in [0.4, 0.5) is 5.69 Å². The molecule has 1 aromatic rings. The summed E-state index contributed by atoms with van der Waals surface area (Å²) < 4.78 is 0. The molecule has 2 atom stereocenters. The van der Waals surface area contributed by atoms with E-state index in [1.807, 2.05) is 31.2 Å². The average molecular weight is 248 g/mol. The summed E-state index contributed by atoms with van der Waals surface area (Å²) in [7, 11) is 0. The maximum atomic E-state index is 12.1. The van der Waals surface area contributed by atoms with Crippen LogP contribution in [0.5, 0.6) is 0 Å². The van der Waals surface area contributed by atoms with Crippen LogP contribution in [-0.4, -0.2) is 11.9 Å². The van der Waals surface area contributed by atoms with Crippen molar-refractivity contribution in [2.45, 2.75) is 52.0 Å². The molecule has 0 aliphatic rings. The Morgan fingerprint density at radius 3 is 2.72 bits per heavy atom. The van der Waals surface area contributed by atoms with Gasteiger partial charge in [0, 0.05) is 11.7 Å². The summed E-state index contributed by atoms with van der Waals surface area (Å²) in [5.74, 6) is -0.0817. The van der Waals surface area contributed by atoms with Gasteiger partial charge in [-0.25, -0.2) is 0 Å². The van der Waals surface area contributed by atoms with Gasteiger partial charge in [-0.05, 0) is 38.0 Å². The Morgan fingerprint density at radius 2 is 2.11 bits per heavy atom. The lowest BCUT2D eigenvalue weighted by Crippen LogP contribution is -2.35. The lowest BCUT2D eigenvalue weighted by atomic mass is 9.99. The number of hydrogen-bond donors (Lipinski definition) is 2. The molecule has 1 aromatic carbocycles. The van der Waals surface area contributed by atoms with Gasteiger partial charge in [-0.2, -0.15) is 0 Å². The van der Waals surface area contributed by atoms with Gasteiger partial charge >= 0.3 is 0 Å². The van der Waals surface area contributed by atoms with Crippen LogP contribution < -0.4 is 11.1 Å². The molecule has 0 aliphatic heterocycles. The van der Waals surface area contributed by atoms with Crippen molar-refractivity contribution >= 4 is 11.6 Å². The first-order valence-corrected chi connectivity index (χ1v) is 6.70. The van der Waals surface area contributed by atoms with Crippen molar-refractivity contribution in [2.75, 3.05) is 5.73 Å². The highest BCUT2D eigenvalue weighted by Crippen LogP contribution is 2.18. The van der Waals surface area contributed by atoms with Gasteiger partial charge in [-0.15, -0.1) is 0 Å². The van der Waals surface area contributed by atoms with E-state index in [9.17, 15) is 4.79 Å². The van der Waals surface area contributed by atoms with Crippen LogP contribution in [0.3, 0.4) is 0 Å². The van der Waals surface area contributed by atoms with Gasteiger partial charge in [0.2, 0.25) is 5.91 Å². The first-order valence-electron chi connectivity index (χ1n) is 6.70. The Bertz CT molecular complexity index is 390. The van der Waals surface area contributed by atoms with Crippen molar-refractivity contribution in [3.8, 4) is 0 Å². The van der Waals surface area contributed by atoms with Gasteiger partial charge in [-0.3, -0.25) is 4.79 Å². The average Bonchev–Trinajstić information content (AvgIpc) is 2.35. The molecule has 0 saturated heterocycles. The van der Waals surface area contributed by atoms with Gasteiger partial charge in [0.1, 0.15) is 0 Å². The van der Waals surface area contributed by atoms with Crippen LogP contribution in [0.25, 0.3) is 0 Å². The molecule has 0 saturated carbocycles. The Balaban J connectivity index is 2.56. The Labute approximate surface area is 110 Å². The standard InChI is InChI=1S/C15H24N2O/c1-4-5-7-11(2)17-15(18)12(3)13-8-6-9-14(16)10-13/h6,8-12H,4-5,7,16H2,1-3H3,(H,17,18). The summed E-state index contributed by atoms with van der Waals surface area (Å²) in [6.07, 6.45) is 3.34. The van der Waals surface area contributed by atoms with Gasteiger partial charge in [0.05, 0.1) is 5.92 Å². The largest absolute Gasteiger partial charge is 0.399 e. The number of amides is 1. The smallest absolute Gasteiger partial charge is 0.227 e. The predicted octanol–water partition coefficient (Wildman–Crippen LogP) is 3.07. The van der Waals surface area contributed by atoms with E-state index in [4.69, 9.17) is 5.73 Å². The number of nitrogen functional groups attached to an aromatic ring is 1. The van der Waals surface area contributed by atoms with E-state index in [-0.39, 0.29) is 17.9 Å². The second-order valence-electron chi connectivity index (χ2n) is 4.94. The van der Waals surface area contributed by atoms with Gasteiger partial charge in [0.15, 0.2) is 0 Å². The second-order valence-corrected chi connectivity index (χ2v) is 4.94. The molecule has 3 heteroatoms. The maximum absolute atomic E-state index is 12.1. The highest BCUT2D eigenvalue weighted by Gasteiger charge is 2.16. The topological polar surface area (TPSA) is 55.1 Å². The number of nitrogens with two attached hydrogens (primary N) is 1. The molecule has 0 aliphatic carbocycles. The SMILES string of the molecule is CCCCC(C)NC(=O)C(C)c1cccc(N)c1. The van der Waals surface area contributed by atoms with Crippen molar-refractivity contribution in [3.63, 3.8) is 0 Å². The number of benzene rings is 1. The van der Waals surface area contributed by atoms with Crippen LogP contribution in [0, 0.1) is 0 Å². The monoisotopic (exact) mass is 248 g/mol. The van der Waals surface area contributed by atoms with Crippen LogP contribution in [0.15, 0.2) is 24.3 Å². The predicted molar refractivity (Wildman–Crippen MR) is 76.4 cm³/mol. The molecule has 0 bridgehead atoms. The summed E-state index contributed by atoms with van der Waals surface area (Å²) in [5, 5.41) is 3.05. The molecule has 1 rings (SSSR count).